The predicted octanol–water partition coefficient (Wildman–Crippen LogP) is 1.49. The molecule has 1 aliphatic rings. The molecule has 16 heavy (non-hydrogen) atoms. The zero-order chi connectivity index (χ0) is 11.6. The van der Waals surface area contributed by atoms with Gasteiger partial charge in [0.2, 0.25) is 0 Å². The number of hydrogen-bond acceptors (Lipinski definition) is 4. The summed E-state index contributed by atoms with van der Waals surface area (Å²) in [5.41, 5.74) is -0.245. The van der Waals surface area contributed by atoms with E-state index in [0.29, 0.717) is 12.2 Å². The van der Waals surface area contributed by atoms with E-state index in [9.17, 15) is 9.90 Å². The van der Waals surface area contributed by atoms with Crippen LogP contribution in [-0.4, -0.2) is 28.1 Å². The lowest BCUT2D eigenvalue weighted by Crippen LogP contribution is -2.40. The van der Waals surface area contributed by atoms with Crippen LogP contribution in [0.1, 0.15) is 41.2 Å². The molecule has 1 aromatic heterocycles. The highest BCUT2D eigenvalue weighted by molar-refractivity contribution is 7.09. The van der Waals surface area contributed by atoms with E-state index in [2.05, 4.69) is 10.3 Å². The van der Waals surface area contributed by atoms with Crippen molar-refractivity contribution in [3.8, 4) is 0 Å². The van der Waals surface area contributed by atoms with Crippen LogP contribution in [0.25, 0.3) is 0 Å². The molecule has 1 heterocycles. The van der Waals surface area contributed by atoms with Crippen LogP contribution in [0.5, 0.6) is 0 Å². The van der Waals surface area contributed by atoms with Gasteiger partial charge in [-0.15, -0.1) is 11.3 Å². The Hall–Kier alpha value is -0.940. The Morgan fingerprint density at radius 2 is 2.31 bits per heavy atom. The number of aromatic nitrogens is 1. The Balaban J connectivity index is 1.88. The van der Waals surface area contributed by atoms with Crippen LogP contribution in [0.15, 0.2) is 5.38 Å². The first kappa shape index (κ1) is 11.5. The first-order chi connectivity index (χ1) is 7.59. The number of rotatable bonds is 3. The van der Waals surface area contributed by atoms with Crippen LogP contribution >= 0.6 is 11.3 Å². The first-order valence-corrected chi connectivity index (χ1v) is 6.40. The van der Waals surface area contributed by atoms with Gasteiger partial charge in [-0.3, -0.25) is 4.79 Å². The molecule has 0 unspecified atom stereocenters. The second-order valence-corrected chi connectivity index (χ2v) is 5.43. The Kier molecular flexibility index (Phi) is 3.25. The minimum atomic E-state index is -0.694. The van der Waals surface area contributed by atoms with Crippen LogP contribution in [0.2, 0.25) is 0 Å². The first-order valence-electron chi connectivity index (χ1n) is 5.52. The van der Waals surface area contributed by atoms with Crippen molar-refractivity contribution >= 4 is 17.2 Å². The molecule has 0 aliphatic heterocycles. The summed E-state index contributed by atoms with van der Waals surface area (Å²) in [7, 11) is 0. The number of amides is 1. The topological polar surface area (TPSA) is 62.2 Å². The van der Waals surface area contributed by atoms with Gasteiger partial charge in [0.25, 0.3) is 5.91 Å². The van der Waals surface area contributed by atoms with Gasteiger partial charge < -0.3 is 10.4 Å². The number of carbonyl (C=O) groups is 1. The number of aryl methyl sites for hydroxylation is 1. The van der Waals surface area contributed by atoms with E-state index in [1.165, 1.54) is 11.3 Å². The van der Waals surface area contributed by atoms with Crippen LogP contribution < -0.4 is 5.32 Å². The van der Waals surface area contributed by atoms with E-state index >= 15 is 0 Å². The molecular weight excluding hydrogens is 224 g/mol. The van der Waals surface area contributed by atoms with Gasteiger partial charge in [-0.2, -0.15) is 0 Å². The highest BCUT2D eigenvalue weighted by Gasteiger charge is 2.31. The minimum Gasteiger partial charge on any atom is -0.388 e. The standard InChI is InChI=1S/C11H16N2O2S/c1-8-13-9(6-16-8)10(14)12-7-11(15)4-2-3-5-11/h6,15H,2-5,7H2,1H3,(H,12,14). The fourth-order valence-electron chi connectivity index (χ4n) is 2.01. The van der Waals surface area contributed by atoms with Crippen LogP contribution in [0.3, 0.4) is 0 Å². The normalized spacial score (nSPS) is 18.6. The van der Waals surface area contributed by atoms with Crippen molar-refractivity contribution in [3.05, 3.63) is 16.1 Å². The molecule has 0 atom stereocenters. The molecule has 2 rings (SSSR count). The number of thiazole rings is 1. The van der Waals surface area contributed by atoms with E-state index in [1.807, 2.05) is 6.92 Å². The van der Waals surface area contributed by atoms with Crippen molar-refractivity contribution in [1.82, 2.24) is 10.3 Å². The highest BCUT2D eigenvalue weighted by atomic mass is 32.1. The van der Waals surface area contributed by atoms with Gasteiger partial charge in [0, 0.05) is 11.9 Å². The monoisotopic (exact) mass is 240 g/mol. The SMILES string of the molecule is Cc1nc(C(=O)NCC2(O)CCCC2)cs1. The van der Waals surface area contributed by atoms with Gasteiger partial charge in [0.1, 0.15) is 5.69 Å². The summed E-state index contributed by atoms with van der Waals surface area (Å²) in [6.45, 7) is 2.20. The molecule has 0 saturated heterocycles. The van der Waals surface area contributed by atoms with Crippen molar-refractivity contribution in [3.63, 3.8) is 0 Å². The van der Waals surface area contributed by atoms with E-state index in [1.54, 1.807) is 5.38 Å². The minimum absolute atomic E-state index is 0.190. The molecule has 1 fully saturated rings. The fourth-order valence-corrected chi connectivity index (χ4v) is 2.61. The number of carbonyl (C=O) groups excluding carboxylic acids is 1. The van der Waals surface area contributed by atoms with E-state index in [-0.39, 0.29) is 5.91 Å². The highest BCUT2D eigenvalue weighted by Crippen LogP contribution is 2.28. The summed E-state index contributed by atoms with van der Waals surface area (Å²) < 4.78 is 0. The summed E-state index contributed by atoms with van der Waals surface area (Å²) in [5.74, 6) is -0.190. The average molecular weight is 240 g/mol. The summed E-state index contributed by atoms with van der Waals surface area (Å²) in [4.78, 5) is 15.8. The molecular formula is C11H16N2O2S. The Bertz CT molecular complexity index is 383. The lowest BCUT2D eigenvalue weighted by atomic mass is 10.0. The maximum Gasteiger partial charge on any atom is 0.270 e. The molecule has 1 saturated carbocycles. The summed E-state index contributed by atoms with van der Waals surface area (Å²) in [6.07, 6.45) is 3.65. The summed E-state index contributed by atoms with van der Waals surface area (Å²) in [6, 6.07) is 0. The number of nitrogens with one attached hydrogen (secondary N) is 1. The van der Waals surface area contributed by atoms with E-state index < -0.39 is 5.60 Å². The van der Waals surface area contributed by atoms with Gasteiger partial charge in [0.05, 0.1) is 10.6 Å². The average Bonchev–Trinajstić information content (AvgIpc) is 2.85. The summed E-state index contributed by atoms with van der Waals surface area (Å²) in [5, 5.41) is 15.4. The molecule has 0 radical (unpaired) electrons. The smallest absolute Gasteiger partial charge is 0.270 e. The quantitative estimate of drug-likeness (QED) is 0.841. The van der Waals surface area contributed by atoms with Crippen molar-refractivity contribution in [2.75, 3.05) is 6.54 Å². The third-order valence-corrected chi connectivity index (χ3v) is 3.74. The van der Waals surface area contributed by atoms with Crippen molar-refractivity contribution in [1.29, 1.82) is 0 Å². The molecule has 2 N–H and O–H groups in total. The fraction of sp³-hybridized carbons (Fsp3) is 0.636. The molecule has 0 spiro atoms. The second kappa shape index (κ2) is 4.51. The maximum absolute atomic E-state index is 11.7. The Morgan fingerprint density at radius 3 is 2.88 bits per heavy atom. The van der Waals surface area contributed by atoms with Gasteiger partial charge in [0.15, 0.2) is 0 Å². The Morgan fingerprint density at radius 1 is 1.62 bits per heavy atom. The summed E-state index contributed by atoms with van der Waals surface area (Å²) >= 11 is 1.46. The van der Waals surface area contributed by atoms with Gasteiger partial charge in [-0.1, -0.05) is 12.8 Å². The van der Waals surface area contributed by atoms with E-state index in [4.69, 9.17) is 0 Å². The zero-order valence-corrected chi connectivity index (χ0v) is 10.1. The molecule has 1 aliphatic carbocycles. The van der Waals surface area contributed by atoms with Crippen LogP contribution in [-0.2, 0) is 0 Å². The van der Waals surface area contributed by atoms with Gasteiger partial charge >= 0.3 is 0 Å². The molecule has 1 amide bonds. The number of aliphatic hydroxyl groups is 1. The lowest BCUT2D eigenvalue weighted by molar-refractivity contribution is 0.0449. The van der Waals surface area contributed by atoms with Gasteiger partial charge in [-0.25, -0.2) is 4.98 Å². The molecule has 0 aromatic carbocycles. The van der Waals surface area contributed by atoms with Gasteiger partial charge in [-0.05, 0) is 19.8 Å². The largest absolute Gasteiger partial charge is 0.388 e. The molecule has 1 aromatic rings. The number of hydrogen-bond donors (Lipinski definition) is 2. The lowest BCUT2D eigenvalue weighted by Gasteiger charge is -2.21. The predicted molar refractivity (Wildman–Crippen MR) is 62.6 cm³/mol. The van der Waals surface area contributed by atoms with Crippen molar-refractivity contribution in [2.24, 2.45) is 0 Å². The third-order valence-electron chi connectivity index (χ3n) is 2.96. The third kappa shape index (κ3) is 2.59. The van der Waals surface area contributed by atoms with Crippen molar-refractivity contribution < 1.29 is 9.90 Å². The van der Waals surface area contributed by atoms with Crippen LogP contribution in [0.4, 0.5) is 0 Å². The molecule has 5 heteroatoms. The zero-order valence-electron chi connectivity index (χ0n) is 9.32. The second-order valence-electron chi connectivity index (χ2n) is 4.37. The molecule has 88 valence electrons. The van der Waals surface area contributed by atoms with E-state index in [0.717, 1.165) is 30.7 Å². The van der Waals surface area contributed by atoms with Crippen LogP contribution in [0, 0.1) is 6.92 Å². The molecule has 0 bridgehead atoms. The van der Waals surface area contributed by atoms with Crippen molar-refractivity contribution in [2.45, 2.75) is 38.2 Å². The maximum atomic E-state index is 11.7. The number of nitrogens with zero attached hydrogens (tertiary/aromatic N) is 1. The molecule has 4 nitrogen and oxygen atoms in total. The Labute approximate surface area is 98.7 Å².